The van der Waals surface area contributed by atoms with Crippen molar-refractivity contribution in [3.8, 4) is 12.3 Å². The number of fused-ring (bicyclic) bond motifs is 1. The monoisotopic (exact) mass is 624 g/mol. The number of benzene rings is 3. The highest BCUT2D eigenvalue weighted by atomic mass is 32.2. The number of carbonyl (C=O) groups is 1. The molecule has 2 atom stereocenters. The number of nitro groups is 1. The number of amides is 1. The first kappa shape index (κ1) is 30.8. The number of nitrogens with one attached hydrogen (secondary N) is 3. The number of aromatic nitrogens is 5. The van der Waals surface area contributed by atoms with Gasteiger partial charge in [0.2, 0.25) is 5.16 Å². The van der Waals surface area contributed by atoms with Gasteiger partial charge in [0, 0.05) is 29.9 Å². The maximum Gasteiger partial charge on any atom is 0.269 e. The highest BCUT2D eigenvalue weighted by Crippen LogP contribution is 2.24. The lowest BCUT2D eigenvalue weighted by molar-refractivity contribution is -0.384. The number of nitro benzene ring substituents is 1. The Morgan fingerprint density at radius 1 is 1.18 bits per heavy atom. The zero-order valence-electron chi connectivity index (χ0n) is 24.3. The van der Waals surface area contributed by atoms with Crippen LogP contribution in [0.25, 0.3) is 10.9 Å². The van der Waals surface area contributed by atoms with Gasteiger partial charge in [0.25, 0.3) is 17.2 Å². The Morgan fingerprint density at radius 2 is 1.96 bits per heavy atom. The highest BCUT2D eigenvalue weighted by molar-refractivity contribution is 7.84. The van der Waals surface area contributed by atoms with Crippen molar-refractivity contribution >= 4 is 39.0 Å². The van der Waals surface area contributed by atoms with E-state index in [2.05, 4.69) is 36.4 Å². The van der Waals surface area contributed by atoms with Crippen LogP contribution in [-0.4, -0.2) is 52.5 Å². The molecule has 2 heterocycles. The van der Waals surface area contributed by atoms with Gasteiger partial charge in [0.05, 0.1) is 45.0 Å². The van der Waals surface area contributed by atoms with E-state index in [4.69, 9.17) is 6.42 Å². The van der Waals surface area contributed by atoms with Crippen LogP contribution >= 0.6 is 0 Å². The molecule has 5 aromatic rings. The third kappa shape index (κ3) is 7.11. The van der Waals surface area contributed by atoms with Crippen molar-refractivity contribution in [2.75, 3.05) is 17.2 Å². The summed E-state index contributed by atoms with van der Waals surface area (Å²) in [5.74, 6) is 2.64. The van der Waals surface area contributed by atoms with Crippen molar-refractivity contribution in [2.24, 2.45) is 0 Å². The quantitative estimate of drug-likeness (QED) is 0.113. The van der Waals surface area contributed by atoms with Crippen molar-refractivity contribution in [3.63, 3.8) is 0 Å². The SMILES string of the molecule is C#CCN(Cc1cc2c(=O)[nH]c(C)nc2cc1C)c1ccc(C(=O)NC(CS(=O)c2ncn[nH]2)c2cccc([N+](=O)[O-])c2)cc1. The lowest BCUT2D eigenvalue weighted by Crippen LogP contribution is -2.32. The highest BCUT2D eigenvalue weighted by Gasteiger charge is 2.23. The molecule has 0 aliphatic heterocycles. The number of hydrogen-bond donors (Lipinski definition) is 3. The second-order valence-corrected chi connectivity index (χ2v) is 11.6. The van der Waals surface area contributed by atoms with Crippen molar-refractivity contribution in [2.45, 2.75) is 31.6 Å². The Morgan fingerprint density at radius 3 is 2.64 bits per heavy atom. The zero-order valence-corrected chi connectivity index (χ0v) is 25.1. The van der Waals surface area contributed by atoms with Gasteiger partial charge < -0.3 is 15.2 Å². The Labute approximate surface area is 259 Å². The zero-order chi connectivity index (χ0) is 32.1. The van der Waals surface area contributed by atoms with Gasteiger partial charge in [-0.15, -0.1) is 6.42 Å². The van der Waals surface area contributed by atoms with E-state index in [1.807, 2.05) is 24.0 Å². The van der Waals surface area contributed by atoms with Crippen molar-refractivity contribution in [3.05, 3.63) is 116 Å². The minimum Gasteiger partial charge on any atom is -0.356 e. The van der Waals surface area contributed by atoms with Crippen LogP contribution in [0.15, 0.2) is 76.9 Å². The molecule has 0 spiro atoms. The van der Waals surface area contributed by atoms with E-state index >= 15 is 0 Å². The van der Waals surface area contributed by atoms with Gasteiger partial charge in [0.15, 0.2) is 0 Å². The van der Waals surface area contributed by atoms with Crippen LogP contribution in [0.1, 0.15) is 38.9 Å². The van der Waals surface area contributed by atoms with Gasteiger partial charge in [-0.3, -0.25) is 29.0 Å². The Kier molecular flexibility index (Phi) is 9.10. The predicted octanol–water partition coefficient (Wildman–Crippen LogP) is 3.48. The fourth-order valence-electron chi connectivity index (χ4n) is 4.85. The number of aryl methyl sites for hydroxylation is 2. The molecule has 2 unspecified atom stereocenters. The van der Waals surface area contributed by atoms with E-state index < -0.39 is 27.7 Å². The van der Waals surface area contributed by atoms with Crippen LogP contribution in [-0.2, 0) is 17.3 Å². The summed E-state index contributed by atoms with van der Waals surface area (Å²) in [4.78, 5) is 49.8. The first-order valence-corrected chi connectivity index (χ1v) is 15.0. The largest absolute Gasteiger partial charge is 0.356 e. The smallest absolute Gasteiger partial charge is 0.269 e. The molecule has 14 heteroatoms. The Balaban J connectivity index is 1.37. The lowest BCUT2D eigenvalue weighted by atomic mass is 10.0. The maximum atomic E-state index is 13.4. The summed E-state index contributed by atoms with van der Waals surface area (Å²) < 4.78 is 12.9. The van der Waals surface area contributed by atoms with Gasteiger partial charge in [0.1, 0.15) is 12.2 Å². The van der Waals surface area contributed by atoms with Gasteiger partial charge in [-0.25, -0.2) is 9.97 Å². The van der Waals surface area contributed by atoms with Crippen LogP contribution in [0.3, 0.4) is 0 Å². The Hall–Kier alpha value is -5.68. The van der Waals surface area contributed by atoms with Crippen LogP contribution < -0.4 is 15.8 Å². The number of carbonyl (C=O) groups excluding carboxylic acids is 1. The molecular formula is C31H28N8O5S. The maximum absolute atomic E-state index is 13.4. The first-order valence-electron chi connectivity index (χ1n) is 13.7. The van der Waals surface area contributed by atoms with E-state index in [-0.39, 0.29) is 28.7 Å². The molecule has 0 radical (unpaired) electrons. The summed E-state index contributed by atoms with van der Waals surface area (Å²) in [5, 5.41) is 21.1. The summed E-state index contributed by atoms with van der Waals surface area (Å²) in [6, 6.07) is 15.4. The molecule has 228 valence electrons. The van der Waals surface area contributed by atoms with E-state index in [0.29, 0.717) is 34.4 Å². The van der Waals surface area contributed by atoms with Gasteiger partial charge in [-0.1, -0.05) is 18.1 Å². The van der Waals surface area contributed by atoms with E-state index in [1.165, 1.54) is 24.5 Å². The summed E-state index contributed by atoms with van der Waals surface area (Å²) in [5.41, 5.74) is 3.57. The molecule has 13 nitrogen and oxygen atoms in total. The third-order valence-corrected chi connectivity index (χ3v) is 8.40. The molecule has 3 N–H and O–H groups in total. The lowest BCUT2D eigenvalue weighted by Gasteiger charge is -2.24. The second-order valence-electron chi connectivity index (χ2n) is 10.2. The predicted molar refractivity (Wildman–Crippen MR) is 169 cm³/mol. The summed E-state index contributed by atoms with van der Waals surface area (Å²) in [6.45, 7) is 4.36. The van der Waals surface area contributed by atoms with Gasteiger partial charge in [-0.05, 0) is 66.9 Å². The number of aromatic amines is 2. The molecule has 0 saturated heterocycles. The van der Waals surface area contributed by atoms with Gasteiger partial charge in [-0.2, -0.15) is 5.10 Å². The number of non-ortho nitro benzene ring substituents is 1. The normalized spacial score (nSPS) is 12.3. The summed E-state index contributed by atoms with van der Waals surface area (Å²) in [6.07, 6.45) is 6.90. The molecule has 0 saturated carbocycles. The van der Waals surface area contributed by atoms with E-state index in [1.54, 1.807) is 37.3 Å². The number of H-pyrrole nitrogens is 2. The summed E-state index contributed by atoms with van der Waals surface area (Å²) in [7, 11) is -1.68. The molecule has 5 rings (SSSR count). The van der Waals surface area contributed by atoms with Crippen LogP contribution in [0.4, 0.5) is 11.4 Å². The first-order chi connectivity index (χ1) is 21.6. The number of nitrogens with zero attached hydrogens (tertiary/aromatic N) is 5. The van der Waals surface area contributed by atoms with Crippen molar-refractivity contribution < 1.29 is 13.9 Å². The fourth-order valence-corrected chi connectivity index (χ4v) is 5.91. The number of hydrogen-bond acceptors (Lipinski definition) is 9. The third-order valence-electron chi connectivity index (χ3n) is 7.13. The molecule has 0 aliphatic carbocycles. The molecule has 3 aromatic carbocycles. The second kappa shape index (κ2) is 13.3. The standard InChI is InChI=1S/C31H28N8O5S/c1-4-12-38(16-23-15-26-27(13-19(23)2)34-20(3)35-30(26)41)24-10-8-21(9-11-24)29(40)36-28(17-45(44)31-32-18-33-37-31)22-6-5-7-25(14-22)39(42)43/h1,5-11,13-15,18,28H,12,16-17H2,2-3H3,(H,36,40)(H,32,33,37)(H,34,35,41). The molecular weight excluding hydrogens is 596 g/mol. The van der Waals surface area contributed by atoms with E-state index in [0.717, 1.165) is 16.8 Å². The van der Waals surface area contributed by atoms with Crippen LogP contribution in [0.2, 0.25) is 0 Å². The minimum absolute atomic E-state index is 0.0981. The van der Waals surface area contributed by atoms with Crippen molar-refractivity contribution in [1.82, 2.24) is 30.5 Å². The topological polar surface area (TPSA) is 180 Å². The number of anilines is 1. The van der Waals surface area contributed by atoms with Crippen molar-refractivity contribution in [1.29, 1.82) is 0 Å². The van der Waals surface area contributed by atoms with E-state index in [9.17, 15) is 23.9 Å². The Bertz CT molecular complexity index is 2000. The fraction of sp³-hybridized carbons (Fsp3) is 0.194. The van der Waals surface area contributed by atoms with Crippen LogP contribution in [0.5, 0.6) is 0 Å². The summed E-state index contributed by atoms with van der Waals surface area (Å²) >= 11 is 0. The molecule has 2 aromatic heterocycles. The average molecular weight is 625 g/mol. The number of terminal acetylenes is 1. The molecule has 0 fully saturated rings. The minimum atomic E-state index is -1.68. The molecule has 0 aliphatic rings. The van der Waals surface area contributed by atoms with Gasteiger partial charge >= 0.3 is 0 Å². The number of rotatable bonds is 11. The molecule has 1 amide bonds. The average Bonchev–Trinajstić information content (AvgIpc) is 3.57. The molecule has 45 heavy (non-hydrogen) atoms. The van der Waals surface area contributed by atoms with Crippen LogP contribution in [0, 0.1) is 36.3 Å². The molecule has 0 bridgehead atoms.